The SMILES string of the molecule is NC1=CC=CC(N)(c2ccncc2)C1. The molecule has 1 aliphatic rings. The summed E-state index contributed by atoms with van der Waals surface area (Å²) in [6, 6.07) is 3.84. The molecular formula is C11H13N3. The van der Waals surface area contributed by atoms with Crippen LogP contribution >= 0.6 is 0 Å². The smallest absolute Gasteiger partial charge is 0.0654 e. The maximum absolute atomic E-state index is 6.24. The number of rotatable bonds is 1. The lowest BCUT2D eigenvalue weighted by molar-refractivity contribution is 0.545. The fourth-order valence-corrected chi connectivity index (χ4v) is 1.66. The van der Waals surface area contributed by atoms with Crippen LogP contribution in [-0.4, -0.2) is 4.98 Å². The van der Waals surface area contributed by atoms with Gasteiger partial charge in [-0.1, -0.05) is 12.2 Å². The zero-order chi connectivity index (χ0) is 10.0. The van der Waals surface area contributed by atoms with E-state index in [1.165, 1.54) is 0 Å². The van der Waals surface area contributed by atoms with Crippen molar-refractivity contribution in [1.29, 1.82) is 0 Å². The first-order valence-electron chi connectivity index (χ1n) is 4.54. The normalized spacial score (nSPS) is 25.9. The monoisotopic (exact) mass is 187 g/mol. The first-order valence-corrected chi connectivity index (χ1v) is 4.54. The fraction of sp³-hybridized carbons (Fsp3) is 0.182. The Hall–Kier alpha value is -1.61. The van der Waals surface area contributed by atoms with Gasteiger partial charge in [0.25, 0.3) is 0 Å². The summed E-state index contributed by atoms with van der Waals surface area (Å²) in [6.45, 7) is 0. The Balaban J connectivity index is 2.35. The summed E-state index contributed by atoms with van der Waals surface area (Å²) >= 11 is 0. The average molecular weight is 187 g/mol. The van der Waals surface area contributed by atoms with E-state index in [-0.39, 0.29) is 0 Å². The molecule has 1 atom stereocenters. The van der Waals surface area contributed by atoms with Crippen molar-refractivity contribution in [3.63, 3.8) is 0 Å². The Morgan fingerprint density at radius 2 is 2.00 bits per heavy atom. The van der Waals surface area contributed by atoms with Crippen LogP contribution in [0.5, 0.6) is 0 Å². The van der Waals surface area contributed by atoms with Gasteiger partial charge in [-0.3, -0.25) is 4.98 Å². The van der Waals surface area contributed by atoms with Crippen LogP contribution in [0.2, 0.25) is 0 Å². The lowest BCUT2D eigenvalue weighted by Gasteiger charge is -2.28. The minimum absolute atomic E-state index is 0.470. The second-order valence-electron chi connectivity index (χ2n) is 3.55. The van der Waals surface area contributed by atoms with Crippen LogP contribution in [-0.2, 0) is 5.54 Å². The maximum atomic E-state index is 6.24. The molecule has 2 rings (SSSR count). The van der Waals surface area contributed by atoms with Crippen molar-refractivity contribution in [2.24, 2.45) is 11.5 Å². The summed E-state index contributed by atoms with van der Waals surface area (Å²) in [5, 5.41) is 0. The van der Waals surface area contributed by atoms with Crippen molar-refractivity contribution in [2.75, 3.05) is 0 Å². The van der Waals surface area contributed by atoms with Gasteiger partial charge in [0.15, 0.2) is 0 Å². The van der Waals surface area contributed by atoms with E-state index >= 15 is 0 Å². The molecule has 3 heteroatoms. The van der Waals surface area contributed by atoms with Gasteiger partial charge in [-0.05, 0) is 23.8 Å². The molecule has 3 nitrogen and oxygen atoms in total. The number of allylic oxidation sites excluding steroid dienone is 2. The van der Waals surface area contributed by atoms with Gasteiger partial charge in [-0.15, -0.1) is 0 Å². The van der Waals surface area contributed by atoms with E-state index in [1.54, 1.807) is 12.4 Å². The number of aromatic nitrogens is 1. The first kappa shape index (κ1) is 8.97. The van der Waals surface area contributed by atoms with Gasteiger partial charge in [-0.2, -0.15) is 0 Å². The molecule has 0 spiro atoms. The van der Waals surface area contributed by atoms with Crippen molar-refractivity contribution in [2.45, 2.75) is 12.0 Å². The van der Waals surface area contributed by atoms with Gasteiger partial charge in [0.2, 0.25) is 0 Å². The largest absolute Gasteiger partial charge is 0.402 e. The zero-order valence-electron chi connectivity index (χ0n) is 7.85. The molecule has 1 aromatic rings. The van der Waals surface area contributed by atoms with Crippen molar-refractivity contribution in [1.82, 2.24) is 4.98 Å². The van der Waals surface area contributed by atoms with E-state index in [4.69, 9.17) is 11.5 Å². The van der Waals surface area contributed by atoms with Crippen LogP contribution in [0.25, 0.3) is 0 Å². The Bertz CT molecular complexity index is 381. The lowest BCUT2D eigenvalue weighted by atomic mass is 9.84. The Kier molecular flexibility index (Phi) is 2.09. The van der Waals surface area contributed by atoms with Crippen LogP contribution < -0.4 is 11.5 Å². The van der Waals surface area contributed by atoms with E-state index in [1.807, 2.05) is 30.4 Å². The predicted octanol–water partition coefficient (Wildman–Crippen LogP) is 1.04. The summed E-state index contributed by atoms with van der Waals surface area (Å²) in [6.07, 6.45) is 9.90. The molecule has 1 heterocycles. The van der Waals surface area contributed by atoms with Crippen LogP contribution in [0.4, 0.5) is 0 Å². The molecule has 1 aromatic heterocycles. The van der Waals surface area contributed by atoms with Gasteiger partial charge in [0, 0.05) is 24.5 Å². The third-order valence-electron chi connectivity index (χ3n) is 2.42. The summed E-state index contributed by atoms with van der Waals surface area (Å²) in [4.78, 5) is 3.96. The summed E-state index contributed by atoms with van der Waals surface area (Å²) in [5.41, 5.74) is 13.4. The molecule has 0 radical (unpaired) electrons. The van der Waals surface area contributed by atoms with E-state index in [9.17, 15) is 0 Å². The van der Waals surface area contributed by atoms with Crippen molar-refractivity contribution in [3.8, 4) is 0 Å². The van der Waals surface area contributed by atoms with Crippen LogP contribution in [0.3, 0.4) is 0 Å². The van der Waals surface area contributed by atoms with Gasteiger partial charge in [0.1, 0.15) is 0 Å². The van der Waals surface area contributed by atoms with Gasteiger partial charge < -0.3 is 11.5 Å². The van der Waals surface area contributed by atoms with Crippen molar-refractivity contribution < 1.29 is 0 Å². The molecule has 72 valence electrons. The Morgan fingerprint density at radius 1 is 1.29 bits per heavy atom. The molecule has 0 amide bonds. The molecule has 14 heavy (non-hydrogen) atoms. The minimum atomic E-state index is -0.470. The quantitative estimate of drug-likeness (QED) is 0.690. The second kappa shape index (κ2) is 3.27. The number of nitrogens with zero attached hydrogens (tertiary/aromatic N) is 1. The third kappa shape index (κ3) is 1.54. The molecule has 0 aromatic carbocycles. The number of hydrogen-bond acceptors (Lipinski definition) is 3. The van der Waals surface area contributed by atoms with Crippen LogP contribution in [0.1, 0.15) is 12.0 Å². The molecule has 0 saturated carbocycles. The highest BCUT2D eigenvalue weighted by molar-refractivity contribution is 5.34. The topological polar surface area (TPSA) is 64.9 Å². The minimum Gasteiger partial charge on any atom is -0.402 e. The predicted molar refractivity (Wildman–Crippen MR) is 56.1 cm³/mol. The first-order chi connectivity index (χ1) is 6.71. The lowest BCUT2D eigenvalue weighted by Crippen LogP contribution is -2.37. The summed E-state index contributed by atoms with van der Waals surface area (Å²) < 4.78 is 0. The van der Waals surface area contributed by atoms with E-state index < -0.39 is 5.54 Å². The van der Waals surface area contributed by atoms with Crippen LogP contribution in [0.15, 0.2) is 48.5 Å². The number of nitrogens with two attached hydrogens (primary N) is 2. The highest BCUT2D eigenvalue weighted by Crippen LogP contribution is 2.28. The van der Waals surface area contributed by atoms with E-state index in [2.05, 4.69) is 4.98 Å². The van der Waals surface area contributed by atoms with Gasteiger partial charge in [0.05, 0.1) is 5.54 Å². The second-order valence-corrected chi connectivity index (χ2v) is 3.55. The Labute approximate surface area is 83.1 Å². The third-order valence-corrected chi connectivity index (χ3v) is 2.42. The number of pyridine rings is 1. The summed E-state index contributed by atoms with van der Waals surface area (Å²) in [7, 11) is 0. The average Bonchev–Trinajstić information content (AvgIpc) is 2.19. The molecule has 0 fully saturated rings. The zero-order valence-corrected chi connectivity index (χ0v) is 7.85. The van der Waals surface area contributed by atoms with Crippen molar-refractivity contribution in [3.05, 3.63) is 54.0 Å². The van der Waals surface area contributed by atoms with Crippen LogP contribution in [0, 0.1) is 0 Å². The highest BCUT2D eigenvalue weighted by atomic mass is 14.8. The van der Waals surface area contributed by atoms with Crippen molar-refractivity contribution >= 4 is 0 Å². The highest BCUT2D eigenvalue weighted by Gasteiger charge is 2.26. The molecule has 4 N–H and O–H groups in total. The molecule has 0 aliphatic heterocycles. The number of hydrogen-bond donors (Lipinski definition) is 2. The molecule has 0 bridgehead atoms. The van der Waals surface area contributed by atoms with E-state index in [0.717, 1.165) is 11.3 Å². The fourth-order valence-electron chi connectivity index (χ4n) is 1.66. The van der Waals surface area contributed by atoms with Gasteiger partial charge in [-0.25, -0.2) is 0 Å². The van der Waals surface area contributed by atoms with Gasteiger partial charge >= 0.3 is 0 Å². The molecule has 1 unspecified atom stereocenters. The summed E-state index contributed by atoms with van der Waals surface area (Å²) in [5.74, 6) is 0. The van der Waals surface area contributed by atoms with E-state index in [0.29, 0.717) is 6.42 Å². The maximum Gasteiger partial charge on any atom is 0.0654 e. The molecule has 1 aliphatic carbocycles. The molecular weight excluding hydrogens is 174 g/mol. The Morgan fingerprint density at radius 3 is 2.64 bits per heavy atom. The molecule has 0 saturated heterocycles. The standard InChI is InChI=1S/C11H13N3/c12-10-2-1-5-11(13,8-10)9-3-6-14-7-4-9/h1-7H,8,12-13H2.